The molecule has 3 heterocycles. The van der Waals surface area contributed by atoms with Gasteiger partial charge in [-0.15, -0.1) is 0 Å². The first-order chi connectivity index (χ1) is 19.2. The number of aromatic nitrogens is 1. The highest BCUT2D eigenvalue weighted by Gasteiger charge is 2.44. The second kappa shape index (κ2) is 14.3. The van der Waals surface area contributed by atoms with Gasteiger partial charge in [-0.05, 0) is 50.2 Å². The maximum atomic E-state index is 12.4. The number of carbonyl (C=O) groups is 6. The summed E-state index contributed by atoms with van der Waals surface area (Å²) in [5.74, 6) is -3.32. The van der Waals surface area contributed by atoms with E-state index >= 15 is 0 Å². The predicted octanol–water partition coefficient (Wildman–Crippen LogP) is 2.41. The zero-order valence-electron chi connectivity index (χ0n) is 25.1. The topological polar surface area (TPSA) is 154 Å². The van der Waals surface area contributed by atoms with E-state index in [0.29, 0.717) is 45.3 Å². The number of rotatable bonds is 12. The summed E-state index contributed by atoms with van der Waals surface area (Å²) in [6.45, 7) is 12.0. The molecule has 2 saturated heterocycles. The summed E-state index contributed by atoms with van der Waals surface area (Å²) in [6, 6.07) is 2.56. The fourth-order valence-electron chi connectivity index (χ4n) is 4.12. The summed E-state index contributed by atoms with van der Waals surface area (Å²) >= 11 is 0. The molecule has 2 aliphatic rings. The molecule has 0 unspecified atom stereocenters. The van der Waals surface area contributed by atoms with Crippen LogP contribution in [-0.4, -0.2) is 86.9 Å². The number of aryl methyl sites for hydroxylation is 1. The van der Waals surface area contributed by atoms with Crippen molar-refractivity contribution in [2.75, 3.05) is 19.6 Å². The van der Waals surface area contributed by atoms with Crippen molar-refractivity contribution in [3.63, 3.8) is 0 Å². The number of nitrogens with one attached hydrogen (secondary N) is 1. The Kier molecular flexibility index (Phi) is 11.7. The molecule has 2 fully saturated rings. The number of likely N-dealkylation sites (tertiary alicyclic amines) is 2. The largest absolute Gasteiger partial charge is 0.480 e. The summed E-state index contributed by atoms with van der Waals surface area (Å²) < 4.78 is 0. The van der Waals surface area contributed by atoms with Crippen molar-refractivity contribution in [1.82, 2.24) is 20.1 Å². The van der Waals surface area contributed by atoms with Crippen LogP contribution in [0.1, 0.15) is 79.2 Å². The third-order valence-corrected chi connectivity index (χ3v) is 8.20. The van der Waals surface area contributed by atoms with Gasteiger partial charge in [-0.3, -0.25) is 29.0 Å². The van der Waals surface area contributed by atoms with Gasteiger partial charge in [-0.25, -0.2) is 4.79 Å². The highest BCUT2D eigenvalue weighted by molar-refractivity contribution is 6.39. The number of hydrogen-bond acceptors (Lipinski definition) is 7. The summed E-state index contributed by atoms with van der Waals surface area (Å²) in [6.07, 6.45) is 7.38. The predicted molar refractivity (Wildman–Crippen MR) is 152 cm³/mol. The van der Waals surface area contributed by atoms with Crippen molar-refractivity contribution < 1.29 is 33.9 Å². The van der Waals surface area contributed by atoms with Gasteiger partial charge < -0.3 is 20.2 Å². The zero-order valence-corrected chi connectivity index (χ0v) is 25.1. The van der Waals surface area contributed by atoms with Crippen LogP contribution in [0.3, 0.4) is 0 Å². The molecule has 2 atom stereocenters. The first-order valence-corrected chi connectivity index (χ1v) is 14.3. The van der Waals surface area contributed by atoms with Crippen LogP contribution in [0, 0.1) is 10.8 Å². The Hall–Kier alpha value is -3.63. The Morgan fingerprint density at radius 3 is 1.80 bits per heavy atom. The first kappa shape index (κ1) is 33.6. The molecule has 0 aliphatic carbocycles. The minimum Gasteiger partial charge on any atom is -0.480 e. The van der Waals surface area contributed by atoms with Crippen LogP contribution in [0.25, 0.3) is 0 Å². The lowest BCUT2D eigenvalue weighted by Crippen LogP contribution is -2.61. The number of pyridine rings is 1. The standard InChI is InChI=1S/C19H27N3O3.C11H17NO4/c1-4-19(2,3)16(23)18(25)22-12-9-15(22)17(24)21-11-6-8-14-7-5-10-20-13-14;1-4-11(2,3)8(13)9(14)12-6-5-7(12)10(15)16/h5,7,10,13,15H,4,6,8-9,11-12H2,1-3H3,(H,21,24);7H,4-6H2,1-3H3,(H,15,16)/t15-;7-/m00/s1. The number of carboxylic acids is 1. The van der Waals surface area contributed by atoms with Crippen LogP contribution in [0.5, 0.6) is 0 Å². The molecule has 0 spiro atoms. The Balaban J connectivity index is 0.000000317. The number of carboxylic acid groups (broad SMARTS) is 1. The summed E-state index contributed by atoms with van der Waals surface area (Å²) in [7, 11) is 0. The van der Waals surface area contributed by atoms with Crippen LogP contribution >= 0.6 is 0 Å². The first-order valence-electron chi connectivity index (χ1n) is 14.3. The Morgan fingerprint density at radius 2 is 1.41 bits per heavy atom. The van der Waals surface area contributed by atoms with Crippen molar-refractivity contribution in [3.8, 4) is 0 Å². The average molecular weight is 573 g/mol. The third kappa shape index (κ3) is 8.43. The highest BCUT2D eigenvalue weighted by Crippen LogP contribution is 2.27. The quantitative estimate of drug-likeness (QED) is 0.286. The number of nitrogens with zero attached hydrogens (tertiary/aromatic N) is 3. The molecule has 41 heavy (non-hydrogen) atoms. The second-order valence-electron chi connectivity index (χ2n) is 11.8. The number of hydrogen-bond donors (Lipinski definition) is 2. The Labute approximate surface area is 242 Å². The number of ketones is 2. The van der Waals surface area contributed by atoms with E-state index in [1.54, 1.807) is 33.9 Å². The minimum absolute atomic E-state index is 0.173. The number of Topliss-reactive ketones (excluding diaryl/α,β-unsaturated/α-hetero) is 2. The molecule has 1 aromatic heterocycles. The minimum atomic E-state index is -1.04. The maximum Gasteiger partial charge on any atom is 0.326 e. The van der Waals surface area contributed by atoms with Gasteiger partial charge in [0.2, 0.25) is 17.5 Å². The highest BCUT2D eigenvalue weighted by atomic mass is 16.4. The zero-order chi connectivity index (χ0) is 31.0. The van der Waals surface area contributed by atoms with Crippen molar-refractivity contribution in [2.24, 2.45) is 10.8 Å². The van der Waals surface area contributed by atoms with E-state index in [4.69, 9.17) is 5.11 Å². The van der Waals surface area contributed by atoms with E-state index in [1.807, 2.05) is 32.2 Å². The van der Waals surface area contributed by atoms with Crippen molar-refractivity contribution in [2.45, 2.75) is 92.2 Å². The third-order valence-electron chi connectivity index (χ3n) is 8.20. The van der Waals surface area contributed by atoms with E-state index in [0.717, 1.165) is 23.3 Å². The molecule has 226 valence electrons. The van der Waals surface area contributed by atoms with E-state index in [2.05, 4.69) is 10.3 Å². The molecule has 0 bridgehead atoms. The SMILES string of the molecule is CCC(C)(C)C(=O)C(=O)N1CC[C@H]1C(=O)NCCCc1cccnc1.CCC(C)(C)C(=O)C(=O)N1CC[C@H]1C(=O)O. The molecule has 2 N–H and O–H groups in total. The lowest BCUT2D eigenvalue weighted by molar-refractivity contribution is -0.162. The maximum absolute atomic E-state index is 12.4. The number of aliphatic carboxylic acids is 1. The van der Waals surface area contributed by atoms with E-state index < -0.39 is 52.3 Å². The van der Waals surface area contributed by atoms with E-state index in [-0.39, 0.29) is 5.91 Å². The van der Waals surface area contributed by atoms with Crippen LogP contribution in [0.15, 0.2) is 24.5 Å². The lowest BCUT2D eigenvalue weighted by atomic mass is 9.83. The van der Waals surface area contributed by atoms with Gasteiger partial charge >= 0.3 is 5.97 Å². The van der Waals surface area contributed by atoms with E-state index in [1.165, 1.54) is 4.90 Å². The van der Waals surface area contributed by atoms with Crippen LogP contribution in [-0.2, 0) is 35.2 Å². The van der Waals surface area contributed by atoms with Crippen molar-refractivity contribution >= 4 is 35.3 Å². The van der Waals surface area contributed by atoms with Crippen LogP contribution < -0.4 is 5.32 Å². The molecule has 0 saturated carbocycles. The average Bonchev–Trinajstić information content (AvgIpc) is 2.89. The Morgan fingerprint density at radius 1 is 0.902 bits per heavy atom. The van der Waals surface area contributed by atoms with Gasteiger partial charge in [0.05, 0.1) is 0 Å². The molecular weight excluding hydrogens is 528 g/mol. The molecular formula is C30H44N4O7. The molecule has 2 aliphatic heterocycles. The van der Waals surface area contributed by atoms with Crippen molar-refractivity contribution in [1.29, 1.82) is 0 Å². The van der Waals surface area contributed by atoms with Gasteiger partial charge in [0, 0.05) is 42.9 Å². The molecule has 11 nitrogen and oxygen atoms in total. The van der Waals surface area contributed by atoms with Crippen LogP contribution in [0.2, 0.25) is 0 Å². The monoisotopic (exact) mass is 572 g/mol. The molecule has 3 rings (SSSR count). The normalized spacial score (nSPS) is 18.2. The fourth-order valence-corrected chi connectivity index (χ4v) is 4.12. The summed E-state index contributed by atoms with van der Waals surface area (Å²) in [5.41, 5.74) is -0.266. The Bertz CT molecular complexity index is 1130. The summed E-state index contributed by atoms with van der Waals surface area (Å²) in [4.78, 5) is 77.8. The van der Waals surface area contributed by atoms with Gasteiger partial charge in [-0.2, -0.15) is 0 Å². The second-order valence-corrected chi connectivity index (χ2v) is 11.8. The lowest BCUT2D eigenvalue weighted by Gasteiger charge is -2.40. The van der Waals surface area contributed by atoms with Gasteiger partial charge in [-0.1, -0.05) is 47.6 Å². The number of amides is 3. The van der Waals surface area contributed by atoms with Crippen molar-refractivity contribution in [3.05, 3.63) is 30.1 Å². The molecule has 3 amide bonds. The van der Waals surface area contributed by atoms with E-state index in [9.17, 15) is 28.8 Å². The summed E-state index contributed by atoms with van der Waals surface area (Å²) in [5, 5.41) is 11.7. The fraction of sp³-hybridized carbons (Fsp3) is 0.633. The van der Waals surface area contributed by atoms with Crippen LogP contribution in [0.4, 0.5) is 0 Å². The number of carbonyl (C=O) groups excluding carboxylic acids is 5. The van der Waals surface area contributed by atoms with Gasteiger partial charge in [0.25, 0.3) is 11.8 Å². The molecule has 0 aromatic carbocycles. The smallest absolute Gasteiger partial charge is 0.326 e. The molecule has 0 radical (unpaired) electrons. The van der Waals surface area contributed by atoms with Gasteiger partial charge in [0.15, 0.2) is 0 Å². The molecule has 1 aromatic rings. The van der Waals surface area contributed by atoms with Gasteiger partial charge in [0.1, 0.15) is 12.1 Å². The molecule has 11 heteroatoms.